The van der Waals surface area contributed by atoms with E-state index < -0.39 is 0 Å². The highest BCUT2D eigenvalue weighted by Gasteiger charge is 2.27. The molecule has 4 heteroatoms. The van der Waals surface area contributed by atoms with E-state index in [-0.39, 0.29) is 18.4 Å². The quantitative estimate of drug-likeness (QED) is 0.868. The Labute approximate surface area is 98.2 Å². The van der Waals surface area contributed by atoms with Crippen LogP contribution in [-0.2, 0) is 6.54 Å². The van der Waals surface area contributed by atoms with Crippen LogP contribution >= 0.6 is 0 Å². The predicted octanol–water partition coefficient (Wildman–Crippen LogP) is 2.71. The summed E-state index contributed by atoms with van der Waals surface area (Å²) in [4.78, 5) is 4.97. The molecule has 0 bridgehead atoms. The Morgan fingerprint density at radius 1 is 1.29 bits per heavy atom. The molecule has 1 aromatic carbocycles. The van der Waals surface area contributed by atoms with Crippen molar-refractivity contribution < 1.29 is 8.78 Å². The Kier molecular flexibility index (Phi) is 2.59. The number of nitrogens with one attached hydrogen (secondary N) is 1. The van der Waals surface area contributed by atoms with E-state index in [4.69, 9.17) is 0 Å². The fourth-order valence-corrected chi connectivity index (χ4v) is 2.40. The number of aromatic amines is 1. The zero-order valence-corrected chi connectivity index (χ0v) is 9.42. The molecule has 0 unspecified atom stereocenters. The van der Waals surface area contributed by atoms with Gasteiger partial charge in [-0.3, -0.25) is 9.29 Å². The van der Waals surface area contributed by atoms with Crippen molar-refractivity contribution in [1.82, 2.24) is 9.88 Å². The number of benzene rings is 1. The van der Waals surface area contributed by atoms with Gasteiger partial charge >= 0.3 is 0 Å². The fourth-order valence-electron chi connectivity index (χ4n) is 2.40. The van der Waals surface area contributed by atoms with E-state index in [9.17, 15) is 8.78 Å². The molecule has 0 atom stereocenters. The summed E-state index contributed by atoms with van der Waals surface area (Å²) in [6, 6.07) is 5.58. The Bertz CT molecular complexity index is 529. The summed E-state index contributed by atoms with van der Waals surface area (Å²) in [6.45, 7) is 1.77. The molecule has 90 valence electrons. The first kappa shape index (κ1) is 10.7. The lowest BCUT2D eigenvalue weighted by Gasteiger charge is -2.37. The highest BCUT2D eigenvalue weighted by atomic mass is 19.1. The van der Waals surface area contributed by atoms with Gasteiger partial charge in [0.2, 0.25) is 0 Å². The van der Waals surface area contributed by atoms with E-state index in [1.165, 1.54) is 0 Å². The predicted molar refractivity (Wildman–Crippen MR) is 63.0 cm³/mol. The van der Waals surface area contributed by atoms with Gasteiger partial charge in [0.15, 0.2) is 5.82 Å². The third-order valence-electron chi connectivity index (χ3n) is 3.39. The number of hydrogen-bond donors (Lipinski definition) is 1. The molecule has 2 nitrogen and oxygen atoms in total. The molecule has 1 saturated heterocycles. The second-order valence-corrected chi connectivity index (χ2v) is 4.69. The van der Waals surface area contributed by atoms with Crippen molar-refractivity contribution in [2.24, 2.45) is 5.92 Å². The normalized spacial score (nSPS) is 17.5. The first-order valence-electron chi connectivity index (χ1n) is 5.80. The third kappa shape index (κ3) is 1.82. The van der Waals surface area contributed by atoms with Crippen LogP contribution in [0.25, 0.3) is 10.9 Å². The van der Waals surface area contributed by atoms with Crippen molar-refractivity contribution in [2.75, 3.05) is 19.8 Å². The number of H-pyrrole nitrogens is 1. The largest absolute Gasteiger partial charge is 0.359 e. The van der Waals surface area contributed by atoms with Gasteiger partial charge in [-0.25, -0.2) is 4.39 Å². The molecule has 1 aromatic heterocycles. The van der Waals surface area contributed by atoms with E-state index in [1.807, 2.05) is 18.2 Å². The summed E-state index contributed by atoms with van der Waals surface area (Å²) >= 11 is 0. The van der Waals surface area contributed by atoms with Gasteiger partial charge < -0.3 is 4.98 Å². The molecular weight excluding hydrogens is 222 g/mol. The zero-order valence-electron chi connectivity index (χ0n) is 9.42. The number of halogens is 2. The number of rotatable bonds is 3. The average Bonchev–Trinajstić information content (AvgIpc) is 2.74. The second kappa shape index (κ2) is 4.11. The molecule has 0 aliphatic carbocycles. The van der Waals surface area contributed by atoms with Crippen LogP contribution in [0.3, 0.4) is 0 Å². The van der Waals surface area contributed by atoms with Crippen LogP contribution in [0.5, 0.6) is 0 Å². The van der Waals surface area contributed by atoms with Crippen LogP contribution < -0.4 is 0 Å². The topological polar surface area (TPSA) is 19.0 Å². The molecule has 1 aliphatic heterocycles. The molecule has 0 saturated carbocycles. The number of nitrogens with zero attached hydrogens (tertiary/aromatic N) is 1. The monoisotopic (exact) mass is 236 g/mol. The van der Waals surface area contributed by atoms with Gasteiger partial charge in [0.05, 0.1) is 12.2 Å². The molecular formula is C13H14F2N2. The van der Waals surface area contributed by atoms with Crippen LogP contribution in [0.2, 0.25) is 0 Å². The first-order valence-corrected chi connectivity index (χ1v) is 5.80. The molecule has 1 aliphatic rings. The van der Waals surface area contributed by atoms with E-state index in [2.05, 4.69) is 9.88 Å². The first-order chi connectivity index (χ1) is 8.28. The van der Waals surface area contributed by atoms with Gasteiger partial charge in [-0.15, -0.1) is 0 Å². The smallest absolute Gasteiger partial charge is 0.151 e. The van der Waals surface area contributed by atoms with Crippen LogP contribution in [0.4, 0.5) is 8.78 Å². The van der Waals surface area contributed by atoms with Gasteiger partial charge in [0.25, 0.3) is 0 Å². The molecule has 3 rings (SSSR count). The summed E-state index contributed by atoms with van der Waals surface area (Å²) in [5.74, 6) is -0.0384. The summed E-state index contributed by atoms with van der Waals surface area (Å²) in [7, 11) is 0. The molecule has 0 radical (unpaired) electrons. The van der Waals surface area contributed by atoms with E-state index >= 15 is 0 Å². The maximum absolute atomic E-state index is 14.1. The highest BCUT2D eigenvalue weighted by molar-refractivity contribution is 5.80. The molecule has 0 spiro atoms. The number of hydrogen-bond acceptors (Lipinski definition) is 1. The number of fused-ring (bicyclic) bond motifs is 1. The Hall–Kier alpha value is -1.42. The van der Waals surface area contributed by atoms with E-state index in [0.29, 0.717) is 17.6 Å². The van der Waals surface area contributed by atoms with Crippen LogP contribution in [0, 0.1) is 11.7 Å². The van der Waals surface area contributed by atoms with E-state index in [1.54, 1.807) is 6.20 Å². The van der Waals surface area contributed by atoms with Gasteiger partial charge in [0.1, 0.15) is 0 Å². The van der Waals surface area contributed by atoms with Crippen molar-refractivity contribution in [3.63, 3.8) is 0 Å². The minimum Gasteiger partial charge on any atom is -0.359 e. The van der Waals surface area contributed by atoms with Crippen molar-refractivity contribution in [1.29, 1.82) is 0 Å². The highest BCUT2D eigenvalue weighted by Crippen LogP contribution is 2.24. The standard InChI is InChI=1S/C13H14F2N2/c14-5-9-6-17(7-9)8-11-2-1-10-3-4-16-13(10)12(11)15/h1-4,9,16H,5-8H2. The third-order valence-corrected chi connectivity index (χ3v) is 3.39. The fraction of sp³-hybridized carbons (Fsp3) is 0.385. The van der Waals surface area contributed by atoms with Gasteiger partial charge in [-0.2, -0.15) is 0 Å². The van der Waals surface area contributed by atoms with Crippen molar-refractivity contribution >= 4 is 10.9 Å². The summed E-state index contributed by atoms with van der Waals surface area (Å²) in [5.41, 5.74) is 1.24. The lowest BCUT2D eigenvalue weighted by molar-refractivity contribution is 0.0728. The molecule has 0 amide bonds. The molecule has 1 N–H and O–H groups in total. The zero-order chi connectivity index (χ0) is 11.8. The lowest BCUT2D eigenvalue weighted by Crippen LogP contribution is -2.46. The van der Waals surface area contributed by atoms with E-state index in [0.717, 1.165) is 18.5 Å². The minimum absolute atomic E-state index is 0.146. The van der Waals surface area contributed by atoms with Crippen LogP contribution in [0.15, 0.2) is 24.4 Å². The minimum atomic E-state index is -0.269. The summed E-state index contributed by atoms with van der Waals surface area (Å²) in [6.07, 6.45) is 1.74. The Morgan fingerprint density at radius 2 is 2.12 bits per heavy atom. The molecule has 17 heavy (non-hydrogen) atoms. The molecule has 2 aromatic rings. The second-order valence-electron chi connectivity index (χ2n) is 4.69. The summed E-state index contributed by atoms with van der Waals surface area (Å²) < 4.78 is 26.4. The summed E-state index contributed by atoms with van der Waals surface area (Å²) in [5, 5.41) is 0.886. The maximum atomic E-state index is 14.1. The lowest BCUT2D eigenvalue weighted by atomic mass is 10.0. The van der Waals surface area contributed by atoms with Crippen LogP contribution in [0.1, 0.15) is 5.56 Å². The van der Waals surface area contributed by atoms with Crippen molar-refractivity contribution in [3.05, 3.63) is 35.8 Å². The van der Waals surface area contributed by atoms with Gasteiger partial charge in [-0.1, -0.05) is 12.1 Å². The molecule has 2 heterocycles. The van der Waals surface area contributed by atoms with Crippen LogP contribution in [-0.4, -0.2) is 29.6 Å². The van der Waals surface area contributed by atoms with Gasteiger partial charge in [-0.05, 0) is 6.07 Å². The Morgan fingerprint density at radius 3 is 2.88 bits per heavy atom. The molecule has 1 fully saturated rings. The van der Waals surface area contributed by atoms with Crippen molar-refractivity contribution in [3.8, 4) is 0 Å². The number of aromatic nitrogens is 1. The number of likely N-dealkylation sites (tertiary alicyclic amines) is 1. The average molecular weight is 236 g/mol. The SMILES string of the molecule is FCC1CN(Cc2ccc3cc[nH]c3c2F)C1. The number of alkyl halides is 1. The van der Waals surface area contributed by atoms with Crippen molar-refractivity contribution in [2.45, 2.75) is 6.54 Å². The maximum Gasteiger partial charge on any atom is 0.151 e. The van der Waals surface area contributed by atoms with Gasteiger partial charge in [0, 0.05) is 42.7 Å². The Balaban J connectivity index is 1.79.